The fourth-order valence-corrected chi connectivity index (χ4v) is 5.17. The molecule has 1 amide bonds. The van der Waals surface area contributed by atoms with Gasteiger partial charge in [-0.15, -0.1) is 0 Å². The number of fused-ring (bicyclic) bond motifs is 1. The van der Waals surface area contributed by atoms with Crippen LogP contribution in [0, 0.1) is 12.8 Å². The van der Waals surface area contributed by atoms with Gasteiger partial charge in [0.15, 0.2) is 0 Å². The van der Waals surface area contributed by atoms with Gasteiger partial charge in [0.25, 0.3) is 0 Å². The third-order valence-electron chi connectivity index (χ3n) is 6.99. The number of amides is 1. The molecular formula is C28H34N4O4. The number of carbonyl (C=O) groups excluding carboxylic acids is 1. The van der Waals surface area contributed by atoms with Crippen LogP contribution in [0.3, 0.4) is 0 Å². The monoisotopic (exact) mass is 490 g/mol. The van der Waals surface area contributed by atoms with Crippen molar-refractivity contribution in [3.8, 4) is 22.9 Å². The average Bonchev–Trinajstić information content (AvgIpc) is 3.32. The number of ether oxygens (including phenoxy) is 2. The second-order valence-corrected chi connectivity index (χ2v) is 10.5. The van der Waals surface area contributed by atoms with E-state index in [1.165, 1.54) is 0 Å². The molecule has 1 fully saturated rings. The van der Waals surface area contributed by atoms with Gasteiger partial charge >= 0.3 is 0 Å². The van der Waals surface area contributed by atoms with Crippen molar-refractivity contribution in [2.75, 3.05) is 20.2 Å². The van der Waals surface area contributed by atoms with Gasteiger partial charge in [-0.25, -0.2) is 0 Å². The molecule has 190 valence electrons. The molecule has 5 rings (SSSR count). The third kappa shape index (κ3) is 5.38. The smallest absolute Gasteiger partial charge is 0.241 e. The van der Waals surface area contributed by atoms with Crippen LogP contribution in [0.5, 0.6) is 11.5 Å². The fraction of sp³-hybridized carbons (Fsp3) is 0.464. The maximum Gasteiger partial charge on any atom is 0.241 e. The van der Waals surface area contributed by atoms with Gasteiger partial charge in [0.05, 0.1) is 25.6 Å². The minimum Gasteiger partial charge on any atom is -0.497 e. The highest BCUT2D eigenvalue weighted by Gasteiger charge is 2.36. The molecule has 0 bridgehead atoms. The lowest BCUT2D eigenvalue weighted by molar-refractivity contribution is -0.128. The van der Waals surface area contributed by atoms with E-state index in [0.717, 1.165) is 54.0 Å². The molecule has 2 unspecified atom stereocenters. The molecule has 3 heterocycles. The summed E-state index contributed by atoms with van der Waals surface area (Å²) in [4.78, 5) is 20.2. The maximum atomic E-state index is 13.4. The molecule has 8 nitrogen and oxygen atoms in total. The van der Waals surface area contributed by atoms with Crippen molar-refractivity contribution in [3.05, 3.63) is 59.5 Å². The van der Waals surface area contributed by atoms with Crippen LogP contribution in [0.1, 0.15) is 56.2 Å². The van der Waals surface area contributed by atoms with Gasteiger partial charge in [0.1, 0.15) is 17.1 Å². The SMILES string of the molecule is COc1ccc(-c2noc(CN3CCCC(C(=O)NC4CC(C)(C)Oc5ccc(C)cc54)C3)n2)cc1. The van der Waals surface area contributed by atoms with Gasteiger partial charge in [-0.05, 0) is 70.5 Å². The van der Waals surface area contributed by atoms with Crippen molar-refractivity contribution >= 4 is 5.91 Å². The van der Waals surface area contributed by atoms with Crippen molar-refractivity contribution in [2.45, 2.75) is 58.2 Å². The summed E-state index contributed by atoms with van der Waals surface area (Å²) in [5.74, 6) is 2.76. The van der Waals surface area contributed by atoms with Gasteiger partial charge < -0.3 is 19.3 Å². The molecule has 2 atom stereocenters. The average molecular weight is 491 g/mol. The normalized spacial score (nSPS) is 21.3. The zero-order valence-corrected chi connectivity index (χ0v) is 21.4. The molecule has 1 saturated heterocycles. The summed E-state index contributed by atoms with van der Waals surface area (Å²) in [5, 5.41) is 7.48. The Hall–Kier alpha value is -3.39. The molecule has 1 N–H and O–H groups in total. The summed E-state index contributed by atoms with van der Waals surface area (Å²) in [6.45, 7) is 8.30. The molecule has 2 aliphatic rings. The molecule has 36 heavy (non-hydrogen) atoms. The highest BCUT2D eigenvalue weighted by Crippen LogP contribution is 2.40. The van der Waals surface area contributed by atoms with Crippen molar-refractivity contribution in [1.82, 2.24) is 20.4 Å². The van der Waals surface area contributed by atoms with Crippen molar-refractivity contribution in [3.63, 3.8) is 0 Å². The second-order valence-electron chi connectivity index (χ2n) is 10.5. The van der Waals surface area contributed by atoms with Gasteiger partial charge in [-0.2, -0.15) is 4.98 Å². The van der Waals surface area contributed by atoms with Gasteiger partial charge in [0.2, 0.25) is 17.6 Å². The summed E-state index contributed by atoms with van der Waals surface area (Å²) >= 11 is 0. The molecular weight excluding hydrogens is 456 g/mol. The summed E-state index contributed by atoms with van der Waals surface area (Å²) < 4.78 is 16.9. The predicted octanol–water partition coefficient (Wildman–Crippen LogP) is 4.68. The quantitative estimate of drug-likeness (QED) is 0.536. The van der Waals surface area contributed by atoms with E-state index < -0.39 is 0 Å². The van der Waals surface area contributed by atoms with E-state index in [1.54, 1.807) is 7.11 Å². The maximum absolute atomic E-state index is 13.4. The standard InChI is InChI=1S/C28H34N4O4/c1-18-7-12-24-22(14-18)23(15-28(2,3)35-24)29-27(33)20-6-5-13-32(16-20)17-25-30-26(31-36-25)19-8-10-21(34-4)11-9-19/h7-12,14,20,23H,5-6,13,15-17H2,1-4H3,(H,29,33). The summed E-state index contributed by atoms with van der Waals surface area (Å²) in [6.07, 6.45) is 2.56. The lowest BCUT2D eigenvalue weighted by Crippen LogP contribution is -2.46. The van der Waals surface area contributed by atoms with E-state index >= 15 is 0 Å². The molecule has 2 aromatic carbocycles. The van der Waals surface area contributed by atoms with Crippen LogP contribution in [0.15, 0.2) is 47.0 Å². The van der Waals surface area contributed by atoms with Crippen LogP contribution in [-0.2, 0) is 11.3 Å². The number of carbonyl (C=O) groups is 1. The Kier molecular flexibility index (Phi) is 6.71. The fourth-order valence-electron chi connectivity index (χ4n) is 5.17. The van der Waals surface area contributed by atoms with Crippen LogP contribution >= 0.6 is 0 Å². The van der Waals surface area contributed by atoms with Crippen LogP contribution in [0.2, 0.25) is 0 Å². The molecule has 0 aliphatic carbocycles. The Balaban J connectivity index is 1.22. The predicted molar refractivity (Wildman–Crippen MR) is 136 cm³/mol. The van der Waals surface area contributed by atoms with E-state index in [2.05, 4.69) is 53.3 Å². The van der Waals surface area contributed by atoms with Crippen LogP contribution in [-0.4, -0.2) is 46.7 Å². The Morgan fingerprint density at radius 3 is 2.81 bits per heavy atom. The highest BCUT2D eigenvalue weighted by atomic mass is 16.5. The van der Waals surface area contributed by atoms with Crippen LogP contribution < -0.4 is 14.8 Å². The number of methoxy groups -OCH3 is 1. The number of piperidine rings is 1. The molecule has 0 spiro atoms. The minimum atomic E-state index is -0.335. The molecule has 3 aromatic rings. The van der Waals surface area contributed by atoms with E-state index in [1.807, 2.05) is 30.3 Å². The van der Waals surface area contributed by atoms with Crippen LogP contribution in [0.4, 0.5) is 0 Å². The zero-order chi connectivity index (χ0) is 25.3. The number of hydrogen-bond donors (Lipinski definition) is 1. The lowest BCUT2D eigenvalue weighted by atomic mass is 9.88. The van der Waals surface area contributed by atoms with Gasteiger partial charge in [-0.1, -0.05) is 22.9 Å². The lowest BCUT2D eigenvalue weighted by Gasteiger charge is -2.39. The Bertz CT molecular complexity index is 1220. The summed E-state index contributed by atoms with van der Waals surface area (Å²) in [6, 6.07) is 13.7. The summed E-state index contributed by atoms with van der Waals surface area (Å²) in [7, 11) is 1.64. The zero-order valence-electron chi connectivity index (χ0n) is 21.4. The third-order valence-corrected chi connectivity index (χ3v) is 6.99. The Morgan fingerprint density at radius 2 is 2.03 bits per heavy atom. The van der Waals surface area contributed by atoms with E-state index in [0.29, 0.717) is 24.8 Å². The molecule has 1 aromatic heterocycles. The van der Waals surface area contributed by atoms with Crippen LogP contribution in [0.25, 0.3) is 11.4 Å². The van der Waals surface area contributed by atoms with E-state index in [4.69, 9.17) is 14.0 Å². The van der Waals surface area contributed by atoms with Crippen molar-refractivity contribution in [1.29, 1.82) is 0 Å². The largest absolute Gasteiger partial charge is 0.497 e. The number of hydrogen-bond acceptors (Lipinski definition) is 7. The summed E-state index contributed by atoms with van der Waals surface area (Å²) in [5.41, 5.74) is 2.76. The molecule has 0 saturated carbocycles. The van der Waals surface area contributed by atoms with E-state index in [-0.39, 0.29) is 23.5 Å². The van der Waals surface area contributed by atoms with Gasteiger partial charge in [-0.3, -0.25) is 9.69 Å². The first-order chi connectivity index (χ1) is 17.3. The first-order valence-electron chi connectivity index (χ1n) is 12.6. The number of aryl methyl sites for hydroxylation is 1. The van der Waals surface area contributed by atoms with Crippen molar-refractivity contribution < 1.29 is 18.8 Å². The number of nitrogens with zero attached hydrogens (tertiary/aromatic N) is 3. The number of likely N-dealkylation sites (tertiary alicyclic amines) is 1. The number of rotatable bonds is 6. The van der Waals surface area contributed by atoms with Gasteiger partial charge in [0, 0.05) is 24.1 Å². The number of nitrogens with one attached hydrogen (secondary N) is 1. The topological polar surface area (TPSA) is 89.7 Å². The highest BCUT2D eigenvalue weighted by molar-refractivity contribution is 5.79. The Morgan fingerprint density at radius 1 is 1.22 bits per heavy atom. The molecule has 0 radical (unpaired) electrons. The molecule has 8 heteroatoms. The Labute approximate surface area is 212 Å². The number of aromatic nitrogens is 2. The minimum absolute atomic E-state index is 0.0606. The van der Waals surface area contributed by atoms with Crippen molar-refractivity contribution in [2.24, 2.45) is 5.92 Å². The molecule has 2 aliphatic heterocycles. The second kappa shape index (κ2) is 9.93. The number of benzene rings is 2. The first-order valence-corrected chi connectivity index (χ1v) is 12.6. The van der Waals surface area contributed by atoms with E-state index in [9.17, 15) is 4.79 Å². The first kappa shape index (κ1) is 24.3.